The largest absolute Gasteiger partial charge is 0.494 e. The summed E-state index contributed by atoms with van der Waals surface area (Å²) in [6.45, 7) is 3.52. The molecule has 0 aliphatic heterocycles. The van der Waals surface area contributed by atoms with Crippen LogP contribution in [0.3, 0.4) is 0 Å². The van der Waals surface area contributed by atoms with Gasteiger partial charge in [-0.2, -0.15) is 0 Å². The molecule has 1 aliphatic carbocycles. The number of anilines is 1. The Kier molecular flexibility index (Phi) is 12.3. The summed E-state index contributed by atoms with van der Waals surface area (Å²) in [7, 11) is -1.43. The number of carbonyl (C=O) groups is 2. The second-order valence-electron chi connectivity index (χ2n) is 11.1. The van der Waals surface area contributed by atoms with Crippen molar-refractivity contribution in [1.29, 1.82) is 0 Å². The van der Waals surface area contributed by atoms with Crippen LogP contribution in [0.2, 0.25) is 0 Å². The van der Waals surface area contributed by atoms with Crippen molar-refractivity contribution < 1.29 is 32.2 Å². The number of hydrogen-bond acceptors (Lipinski definition) is 7. The molecule has 0 saturated heterocycles. The van der Waals surface area contributed by atoms with Crippen LogP contribution in [0.4, 0.5) is 5.69 Å². The van der Waals surface area contributed by atoms with Crippen molar-refractivity contribution in [3.8, 4) is 17.2 Å². The summed E-state index contributed by atoms with van der Waals surface area (Å²) < 4.78 is 46.7. The minimum absolute atomic E-state index is 0.0531. The fourth-order valence-corrected chi connectivity index (χ4v) is 7.37. The number of nitrogens with zero attached hydrogens (tertiary/aromatic N) is 2. The molecular weight excluding hydrogens is 674 g/mol. The smallest absolute Gasteiger partial charge is 0.264 e. The van der Waals surface area contributed by atoms with E-state index in [1.165, 1.54) is 37.3 Å². The maximum atomic E-state index is 14.3. The lowest BCUT2D eigenvalue weighted by Gasteiger charge is -2.33. The third-order valence-corrected chi connectivity index (χ3v) is 10.3. The van der Waals surface area contributed by atoms with Crippen molar-refractivity contribution in [1.82, 2.24) is 10.2 Å². The molecule has 248 valence electrons. The lowest BCUT2D eigenvalue weighted by Crippen LogP contribution is -2.53. The second kappa shape index (κ2) is 16.2. The molecule has 10 nitrogen and oxygen atoms in total. The number of sulfonamides is 1. The highest BCUT2D eigenvalue weighted by molar-refractivity contribution is 9.10. The molecule has 1 fully saturated rings. The van der Waals surface area contributed by atoms with E-state index in [-0.39, 0.29) is 34.8 Å². The van der Waals surface area contributed by atoms with Crippen molar-refractivity contribution >= 4 is 43.5 Å². The summed E-state index contributed by atoms with van der Waals surface area (Å²) in [4.78, 5) is 29.2. The first-order valence-electron chi connectivity index (χ1n) is 15.4. The molecule has 1 N–H and O–H groups in total. The molecule has 3 aromatic carbocycles. The lowest BCUT2D eigenvalue weighted by atomic mass is 9.95. The molecule has 1 saturated carbocycles. The zero-order valence-corrected chi connectivity index (χ0v) is 29.1. The van der Waals surface area contributed by atoms with Gasteiger partial charge in [0.05, 0.1) is 31.4 Å². The van der Waals surface area contributed by atoms with Gasteiger partial charge in [0.15, 0.2) is 11.5 Å². The fourth-order valence-electron chi connectivity index (χ4n) is 5.49. The number of benzene rings is 3. The van der Waals surface area contributed by atoms with E-state index in [4.69, 9.17) is 14.2 Å². The number of carbonyl (C=O) groups excluding carboxylic acids is 2. The van der Waals surface area contributed by atoms with Crippen LogP contribution < -0.4 is 23.8 Å². The van der Waals surface area contributed by atoms with Crippen LogP contribution in [-0.4, -0.2) is 64.6 Å². The van der Waals surface area contributed by atoms with Crippen LogP contribution in [0.25, 0.3) is 0 Å². The summed E-state index contributed by atoms with van der Waals surface area (Å²) in [6.07, 6.45) is 5.03. The average Bonchev–Trinajstić information content (AvgIpc) is 3.06. The molecule has 1 atom stereocenters. The highest BCUT2D eigenvalue weighted by Crippen LogP contribution is 2.33. The maximum Gasteiger partial charge on any atom is 0.264 e. The molecule has 0 spiro atoms. The van der Waals surface area contributed by atoms with Crippen molar-refractivity contribution in [3.05, 3.63) is 76.8 Å². The number of rotatable bonds is 14. The van der Waals surface area contributed by atoms with Gasteiger partial charge in [0, 0.05) is 23.1 Å². The Morgan fingerprint density at radius 2 is 1.65 bits per heavy atom. The van der Waals surface area contributed by atoms with Crippen molar-refractivity contribution in [2.24, 2.45) is 0 Å². The van der Waals surface area contributed by atoms with Crippen LogP contribution in [0, 0.1) is 0 Å². The van der Waals surface area contributed by atoms with Gasteiger partial charge in [-0.3, -0.25) is 13.9 Å². The molecular formula is C34H42BrN3O7S. The molecule has 12 heteroatoms. The van der Waals surface area contributed by atoms with Gasteiger partial charge in [-0.25, -0.2) is 8.42 Å². The molecule has 0 unspecified atom stereocenters. The minimum atomic E-state index is -4.31. The van der Waals surface area contributed by atoms with Gasteiger partial charge in [0.2, 0.25) is 11.8 Å². The van der Waals surface area contributed by atoms with E-state index in [1.807, 2.05) is 31.2 Å². The van der Waals surface area contributed by atoms with E-state index in [0.29, 0.717) is 18.1 Å². The Morgan fingerprint density at radius 1 is 0.957 bits per heavy atom. The SMILES string of the molecule is CCOc1ccc(N(CC(=O)N(Cc2cccc(Br)c2)[C@H](C)C(=O)NC2CCCCC2)S(=O)(=O)c2ccc(OC)c(OC)c2)cc1. The zero-order chi connectivity index (χ0) is 33.3. The van der Waals surface area contributed by atoms with E-state index in [1.54, 1.807) is 31.2 Å². The number of ether oxygens (including phenoxy) is 3. The lowest BCUT2D eigenvalue weighted by molar-refractivity contribution is -0.139. The number of methoxy groups -OCH3 is 2. The van der Waals surface area contributed by atoms with Crippen LogP contribution in [-0.2, 0) is 26.2 Å². The Morgan fingerprint density at radius 3 is 2.28 bits per heavy atom. The van der Waals surface area contributed by atoms with E-state index in [2.05, 4.69) is 21.2 Å². The third-order valence-electron chi connectivity index (χ3n) is 8.02. The van der Waals surface area contributed by atoms with Gasteiger partial charge in [0.25, 0.3) is 10.0 Å². The topological polar surface area (TPSA) is 114 Å². The van der Waals surface area contributed by atoms with E-state index in [9.17, 15) is 18.0 Å². The van der Waals surface area contributed by atoms with Crippen molar-refractivity contribution in [3.63, 3.8) is 0 Å². The van der Waals surface area contributed by atoms with Crippen molar-refractivity contribution in [2.75, 3.05) is 31.7 Å². The first-order valence-corrected chi connectivity index (χ1v) is 17.6. The summed E-state index contributed by atoms with van der Waals surface area (Å²) in [5.74, 6) is 0.342. The Hall–Kier alpha value is -3.77. The molecule has 0 bridgehead atoms. The van der Waals surface area contributed by atoms with Gasteiger partial charge in [-0.15, -0.1) is 0 Å². The number of hydrogen-bond donors (Lipinski definition) is 1. The monoisotopic (exact) mass is 715 g/mol. The summed E-state index contributed by atoms with van der Waals surface area (Å²) >= 11 is 3.48. The van der Waals surface area contributed by atoms with E-state index in [0.717, 1.165) is 46.4 Å². The minimum Gasteiger partial charge on any atom is -0.494 e. The van der Waals surface area contributed by atoms with Gasteiger partial charge in [-0.1, -0.05) is 47.3 Å². The molecule has 3 aromatic rings. The first-order chi connectivity index (χ1) is 22.1. The molecule has 1 aliphatic rings. The molecule has 2 amide bonds. The van der Waals surface area contributed by atoms with E-state index >= 15 is 0 Å². The van der Waals surface area contributed by atoms with Gasteiger partial charge in [-0.05, 0) is 80.8 Å². The molecule has 46 heavy (non-hydrogen) atoms. The van der Waals surface area contributed by atoms with Crippen LogP contribution in [0.15, 0.2) is 76.1 Å². The number of halogens is 1. The van der Waals surface area contributed by atoms with Gasteiger partial charge < -0.3 is 24.4 Å². The molecule has 4 rings (SSSR count). The molecule has 0 radical (unpaired) electrons. The van der Waals surface area contributed by atoms with Gasteiger partial charge >= 0.3 is 0 Å². The number of nitrogens with one attached hydrogen (secondary N) is 1. The normalized spacial score (nSPS) is 14.2. The maximum absolute atomic E-state index is 14.3. The second-order valence-corrected chi connectivity index (χ2v) is 13.9. The summed E-state index contributed by atoms with van der Waals surface area (Å²) in [5, 5.41) is 3.12. The Labute approximate surface area is 280 Å². The highest BCUT2D eigenvalue weighted by Gasteiger charge is 2.34. The van der Waals surface area contributed by atoms with Crippen LogP contribution >= 0.6 is 15.9 Å². The predicted molar refractivity (Wildman–Crippen MR) is 181 cm³/mol. The van der Waals surface area contributed by atoms with Crippen LogP contribution in [0.5, 0.6) is 17.2 Å². The van der Waals surface area contributed by atoms with Crippen LogP contribution in [0.1, 0.15) is 51.5 Å². The third kappa shape index (κ3) is 8.73. The average molecular weight is 717 g/mol. The zero-order valence-electron chi connectivity index (χ0n) is 26.7. The Balaban J connectivity index is 1.72. The molecule has 0 heterocycles. The summed E-state index contributed by atoms with van der Waals surface area (Å²) in [6, 6.07) is 17.4. The Bertz CT molecular complexity index is 1590. The molecule has 0 aromatic heterocycles. The first kappa shape index (κ1) is 35.1. The quantitative estimate of drug-likeness (QED) is 0.220. The van der Waals surface area contributed by atoms with Gasteiger partial charge in [0.1, 0.15) is 18.3 Å². The van der Waals surface area contributed by atoms with Crippen molar-refractivity contribution in [2.45, 2.75) is 69.5 Å². The highest BCUT2D eigenvalue weighted by atomic mass is 79.9. The standard InChI is InChI=1S/C34H42BrN3O7S/c1-5-45-29-16-14-28(15-17-29)38(46(41,42)30-18-19-31(43-3)32(21-30)44-4)23-33(39)37(22-25-10-9-11-26(35)20-25)24(2)34(40)36-27-12-7-6-8-13-27/h9-11,14-21,24,27H,5-8,12-13,22-23H2,1-4H3,(H,36,40)/t24-/m1/s1. The fraction of sp³-hybridized carbons (Fsp3) is 0.412. The number of amides is 2. The summed E-state index contributed by atoms with van der Waals surface area (Å²) in [5.41, 5.74) is 1.05. The predicted octanol–water partition coefficient (Wildman–Crippen LogP) is 5.93. The van der Waals surface area contributed by atoms with E-state index < -0.39 is 28.5 Å².